The van der Waals surface area contributed by atoms with Gasteiger partial charge in [0.05, 0.1) is 11.0 Å². The van der Waals surface area contributed by atoms with Crippen LogP contribution in [0.25, 0.3) is 0 Å². The van der Waals surface area contributed by atoms with Gasteiger partial charge in [0.25, 0.3) is 0 Å². The summed E-state index contributed by atoms with van der Waals surface area (Å²) >= 11 is 5.84. The lowest BCUT2D eigenvalue weighted by Gasteiger charge is -2.42. The number of carbonyl (C=O) groups excluding carboxylic acids is 1. The molecule has 2 heterocycles. The summed E-state index contributed by atoms with van der Waals surface area (Å²) in [5.74, 6) is -1.28. The molecule has 4 N–H and O–H groups in total. The molecule has 3 atom stereocenters. The van der Waals surface area contributed by atoms with Gasteiger partial charge < -0.3 is 20.3 Å². The van der Waals surface area contributed by atoms with Gasteiger partial charge in [-0.3, -0.25) is 9.59 Å². The zero-order valence-electron chi connectivity index (χ0n) is 16.8. The zero-order valence-corrected chi connectivity index (χ0v) is 18.4. The van der Waals surface area contributed by atoms with Gasteiger partial charge in [-0.25, -0.2) is 8.42 Å². The number of carbonyl (C=O) groups is 2. The second-order valence-corrected chi connectivity index (χ2v) is 10.2. The van der Waals surface area contributed by atoms with Crippen molar-refractivity contribution in [2.45, 2.75) is 47.8 Å². The normalized spacial score (nSPS) is 27.1. The Balaban J connectivity index is 1.56. The maximum absolute atomic E-state index is 13.0. The SMILES string of the molecule is NC(=O)C12CCC(CC(NS(=O)(=O)c3ccc(Oc4ccc(Cl)cc4)cc3)(C(=O)O)C1)O2. The maximum Gasteiger partial charge on any atom is 0.325 e. The van der Waals surface area contributed by atoms with E-state index >= 15 is 0 Å². The van der Waals surface area contributed by atoms with Gasteiger partial charge in [-0.2, -0.15) is 4.72 Å². The smallest absolute Gasteiger partial charge is 0.325 e. The lowest BCUT2D eigenvalue weighted by molar-refractivity contribution is -0.167. The lowest BCUT2D eigenvalue weighted by Crippen LogP contribution is -2.64. The summed E-state index contributed by atoms with van der Waals surface area (Å²) in [4.78, 5) is 24.0. The minimum Gasteiger partial charge on any atom is -0.480 e. The molecule has 2 aromatic carbocycles. The number of halogens is 1. The molecule has 170 valence electrons. The first-order chi connectivity index (χ1) is 15.0. The first kappa shape index (κ1) is 22.5. The van der Waals surface area contributed by atoms with Crippen LogP contribution >= 0.6 is 11.6 Å². The second kappa shape index (κ2) is 8.04. The van der Waals surface area contributed by atoms with Crippen LogP contribution < -0.4 is 15.2 Å². The van der Waals surface area contributed by atoms with Gasteiger partial charge >= 0.3 is 5.97 Å². The fourth-order valence-corrected chi connectivity index (χ4v) is 5.74. The largest absolute Gasteiger partial charge is 0.480 e. The molecule has 0 aliphatic carbocycles. The first-order valence-corrected chi connectivity index (χ1v) is 11.7. The van der Waals surface area contributed by atoms with Gasteiger partial charge in [-0.05, 0) is 61.4 Å². The number of carboxylic acids is 1. The van der Waals surface area contributed by atoms with Crippen molar-refractivity contribution in [2.75, 3.05) is 0 Å². The Bertz CT molecular complexity index is 1150. The molecule has 2 aliphatic heterocycles. The predicted octanol–water partition coefficient (Wildman–Crippen LogP) is 2.43. The summed E-state index contributed by atoms with van der Waals surface area (Å²) in [6.07, 6.45) is -0.381. The molecule has 9 nitrogen and oxygen atoms in total. The van der Waals surface area contributed by atoms with Crippen LogP contribution in [0.15, 0.2) is 53.4 Å². The third-order valence-corrected chi connectivity index (χ3v) is 7.60. The molecule has 4 rings (SSSR count). The summed E-state index contributed by atoms with van der Waals surface area (Å²) in [6, 6.07) is 12.2. The van der Waals surface area contributed by atoms with Gasteiger partial charge in [-0.15, -0.1) is 0 Å². The number of rotatable bonds is 7. The van der Waals surface area contributed by atoms with Gasteiger partial charge in [0.1, 0.15) is 22.6 Å². The van der Waals surface area contributed by atoms with Gasteiger partial charge in [0.15, 0.2) is 0 Å². The number of nitrogens with one attached hydrogen (secondary N) is 1. The van der Waals surface area contributed by atoms with Crippen LogP contribution in [0.4, 0.5) is 0 Å². The van der Waals surface area contributed by atoms with E-state index in [0.29, 0.717) is 22.9 Å². The molecule has 2 saturated heterocycles. The van der Waals surface area contributed by atoms with Crippen molar-refractivity contribution in [3.05, 3.63) is 53.6 Å². The molecule has 0 radical (unpaired) electrons. The Morgan fingerprint density at radius 1 is 1.12 bits per heavy atom. The molecule has 2 fully saturated rings. The fraction of sp³-hybridized carbons (Fsp3) is 0.333. The van der Waals surface area contributed by atoms with E-state index in [0.717, 1.165) is 0 Å². The Kier molecular flexibility index (Phi) is 5.66. The molecule has 0 aromatic heterocycles. The van der Waals surface area contributed by atoms with E-state index in [1.807, 2.05) is 0 Å². The van der Waals surface area contributed by atoms with E-state index in [9.17, 15) is 23.1 Å². The van der Waals surface area contributed by atoms with Crippen molar-refractivity contribution < 1.29 is 32.6 Å². The fourth-order valence-electron chi connectivity index (χ4n) is 4.25. The van der Waals surface area contributed by atoms with Crippen LogP contribution in [0.5, 0.6) is 11.5 Å². The number of fused-ring (bicyclic) bond motifs is 2. The molecule has 2 aliphatic rings. The van der Waals surface area contributed by atoms with Crippen molar-refractivity contribution in [1.82, 2.24) is 4.72 Å². The molecule has 11 heteroatoms. The van der Waals surface area contributed by atoms with Crippen LogP contribution in [0.3, 0.4) is 0 Å². The molecular formula is C21H21ClN2O7S. The minimum absolute atomic E-state index is 0.103. The van der Waals surface area contributed by atoms with Gasteiger partial charge in [-0.1, -0.05) is 11.6 Å². The first-order valence-electron chi connectivity index (χ1n) is 9.82. The van der Waals surface area contributed by atoms with Crippen molar-refractivity contribution in [3.63, 3.8) is 0 Å². The summed E-state index contributed by atoms with van der Waals surface area (Å²) in [5, 5.41) is 10.5. The van der Waals surface area contributed by atoms with Crippen LogP contribution in [-0.4, -0.2) is 42.6 Å². The molecule has 32 heavy (non-hydrogen) atoms. The lowest BCUT2D eigenvalue weighted by atomic mass is 9.81. The minimum atomic E-state index is -4.24. The number of benzene rings is 2. The number of nitrogens with two attached hydrogens (primary N) is 1. The van der Waals surface area contributed by atoms with Crippen LogP contribution in [0.2, 0.25) is 5.02 Å². The highest BCUT2D eigenvalue weighted by atomic mass is 35.5. The van der Waals surface area contributed by atoms with Gasteiger partial charge in [0.2, 0.25) is 15.9 Å². The third kappa shape index (κ3) is 4.18. The topological polar surface area (TPSA) is 145 Å². The molecule has 0 spiro atoms. The number of amides is 1. The third-order valence-electron chi connectivity index (χ3n) is 5.80. The van der Waals surface area contributed by atoms with E-state index in [4.69, 9.17) is 26.8 Å². The average molecular weight is 481 g/mol. The summed E-state index contributed by atoms with van der Waals surface area (Å²) < 4.78 is 39.7. The van der Waals surface area contributed by atoms with Crippen molar-refractivity contribution in [1.29, 1.82) is 0 Å². The van der Waals surface area contributed by atoms with E-state index in [1.165, 1.54) is 24.3 Å². The predicted molar refractivity (Wildman–Crippen MR) is 114 cm³/mol. The summed E-state index contributed by atoms with van der Waals surface area (Å²) in [5.41, 5.74) is 2.06. The molecular weight excluding hydrogens is 460 g/mol. The number of carboxylic acid groups (broad SMARTS) is 1. The summed E-state index contributed by atoms with van der Waals surface area (Å²) in [6.45, 7) is 0. The average Bonchev–Trinajstić information content (AvgIpc) is 3.06. The number of aliphatic carboxylic acids is 1. The van der Waals surface area contributed by atoms with Crippen molar-refractivity contribution >= 4 is 33.5 Å². The van der Waals surface area contributed by atoms with E-state index < -0.39 is 39.1 Å². The zero-order chi connectivity index (χ0) is 23.1. The Morgan fingerprint density at radius 2 is 1.72 bits per heavy atom. The van der Waals surface area contributed by atoms with Crippen LogP contribution in [0, 0.1) is 0 Å². The number of primary amides is 1. The quantitative estimate of drug-likeness (QED) is 0.551. The number of hydrogen-bond acceptors (Lipinski definition) is 6. The molecule has 2 aromatic rings. The number of sulfonamides is 1. The van der Waals surface area contributed by atoms with E-state index in [-0.39, 0.29) is 24.2 Å². The Morgan fingerprint density at radius 3 is 2.28 bits per heavy atom. The Labute approximate surface area is 189 Å². The highest BCUT2D eigenvalue weighted by Crippen LogP contribution is 2.46. The number of ether oxygens (including phenoxy) is 2. The van der Waals surface area contributed by atoms with Crippen LogP contribution in [-0.2, 0) is 24.3 Å². The highest BCUT2D eigenvalue weighted by molar-refractivity contribution is 7.89. The van der Waals surface area contributed by atoms with Crippen molar-refractivity contribution in [2.24, 2.45) is 5.73 Å². The monoisotopic (exact) mass is 480 g/mol. The standard InChI is InChI=1S/C21H21ClN2O7S/c22-13-1-3-14(4-2-13)30-15-5-7-17(8-6-15)32(28,29)24-20(19(26)27)11-16-9-10-21(12-20,31-16)18(23)25/h1-8,16,24H,9-12H2,(H2,23,25)(H,26,27). The maximum atomic E-state index is 13.0. The van der Waals surface area contributed by atoms with E-state index in [1.54, 1.807) is 24.3 Å². The molecule has 2 bridgehead atoms. The number of hydrogen-bond donors (Lipinski definition) is 3. The molecule has 3 unspecified atom stereocenters. The van der Waals surface area contributed by atoms with Crippen LogP contribution in [0.1, 0.15) is 25.7 Å². The Hall–Kier alpha value is -2.66. The van der Waals surface area contributed by atoms with Crippen molar-refractivity contribution in [3.8, 4) is 11.5 Å². The highest BCUT2D eigenvalue weighted by Gasteiger charge is 2.60. The molecule has 1 amide bonds. The molecule has 0 saturated carbocycles. The summed E-state index contributed by atoms with van der Waals surface area (Å²) in [7, 11) is -4.24. The van der Waals surface area contributed by atoms with Gasteiger partial charge in [0, 0.05) is 17.9 Å². The van der Waals surface area contributed by atoms with E-state index in [2.05, 4.69) is 4.72 Å². The second-order valence-electron chi connectivity index (χ2n) is 8.04.